The minimum atomic E-state index is -0.953. The molecular weight excluding hydrogens is 280 g/mol. The van der Waals surface area contributed by atoms with Gasteiger partial charge in [0.2, 0.25) is 0 Å². The molecule has 22 heavy (non-hydrogen) atoms. The van der Waals surface area contributed by atoms with E-state index < -0.39 is 5.97 Å². The number of carboxylic acid groups (broad SMARTS) is 1. The summed E-state index contributed by atoms with van der Waals surface area (Å²) >= 11 is 0. The number of nitrogens with zero attached hydrogens (tertiary/aromatic N) is 3. The van der Waals surface area contributed by atoms with Crippen molar-refractivity contribution in [2.75, 3.05) is 0 Å². The number of fused-ring (bicyclic) bond motifs is 1. The van der Waals surface area contributed by atoms with E-state index >= 15 is 0 Å². The van der Waals surface area contributed by atoms with Crippen LogP contribution in [0.3, 0.4) is 0 Å². The Hall–Kier alpha value is -2.76. The van der Waals surface area contributed by atoms with Crippen LogP contribution in [-0.2, 0) is 0 Å². The summed E-state index contributed by atoms with van der Waals surface area (Å²) in [5.74, 6) is -0.631. The maximum absolute atomic E-state index is 12.0. The van der Waals surface area contributed by atoms with Crippen molar-refractivity contribution < 1.29 is 9.90 Å². The Morgan fingerprint density at radius 1 is 1.32 bits per heavy atom. The van der Waals surface area contributed by atoms with E-state index in [1.54, 1.807) is 12.4 Å². The van der Waals surface area contributed by atoms with Crippen molar-refractivity contribution in [2.45, 2.75) is 25.7 Å². The first kappa shape index (κ1) is 12.9. The van der Waals surface area contributed by atoms with Gasteiger partial charge in [-0.3, -0.25) is 10.1 Å². The monoisotopic (exact) mass is 294 g/mol. The second-order valence-electron chi connectivity index (χ2n) is 5.61. The molecule has 110 valence electrons. The van der Waals surface area contributed by atoms with Crippen LogP contribution in [0.15, 0.2) is 24.5 Å². The van der Waals surface area contributed by atoms with Crippen LogP contribution in [-0.4, -0.2) is 31.2 Å². The molecule has 0 atom stereocenters. The molecule has 6 heteroatoms. The van der Waals surface area contributed by atoms with Gasteiger partial charge >= 0.3 is 5.97 Å². The number of pyridine rings is 2. The van der Waals surface area contributed by atoms with Gasteiger partial charge in [0, 0.05) is 29.6 Å². The van der Waals surface area contributed by atoms with Gasteiger partial charge in [-0.15, -0.1) is 0 Å². The van der Waals surface area contributed by atoms with Crippen LogP contribution in [0.4, 0.5) is 0 Å². The first-order valence-corrected chi connectivity index (χ1v) is 7.19. The number of aromatic carboxylic acids is 1. The van der Waals surface area contributed by atoms with Crippen LogP contribution >= 0.6 is 0 Å². The van der Waals surface area contributed by atoms with E-state index in [1.807, 2.05) is 19.1 Å². The van der Waals surface area contributed by atoms with E-state index in [0.29, 0.717) is 22.5 Å². The topological polar surface area (TPSA) is 91.8 Å². The van der Waals surface area contributed by atoms with Crippen LogP contribution in [0, 0.1) is 6.92 Å². The molecule has 1 aliphatic carbocycles. The molecule has 1 aliphatic rings. The van der Waals surface area contributed by atoms with E-state index in [-0.39, 0.29) is 5.56 Å². The predicted octanol–water partition coefficient (Wildman–Crippen LogP) is 2.90. The molecule has 6 nitrogen and oxygen atoms in total. The van der Waals surface area contributed by atoms with E-state index in [0.717, 1.165) is 29.8 Å². The number of hydrogen-bond donors (Lipinski definition) is 2. The van der Waals surface area contributed by atoms with Gasteiger partial charge in [0.1, 0.15) is 0 Å². The van der Waals surface area contributed by atoms with Gasteiger partial charge in [-0.05, 0) is 37.5 Å². The lowest BCUT2D eigenvalue weighted by atomic mass is 9.94. The predicted molar refractivity (Wildman–Crippen MR) is 80.8 cm³/mol. The first-order valence-electron chi connectivity index (χ1n) is 7.19. The number of aromatic amines is 1. The van der Waals surface area contributed by atoms with Crippen molar-refractivity contribution in [1.82, 2.24) is 20.2 Å². The fraction of sp³-hybridized carbons (Fsp3) is 0.250. The van der Waals surface area contributed by atoms with E-state index in [4.69, 9.17) is 0 Å². The molecule has 3 heterocycles. The number of carboxylic acids is 1. The fourth-order valence-corrected chi connectivity index (χ4v) is 2.90. The normalized spacial score (nSPS) is 14.4. The Bertz CT molecular complexity index is 882. The smallest absolute Gasteiger partial charge is 0.337 e. The molecule has 2 N–H and O–H groups in total. The molecule has 4 rings (SSSR count). The lowest BCUT2D eigenvalue weighted by Gasteiger charge is -2.13. The molecule has 1 fully saturated rings. The summed E-state index contributed by atoms with van der Waals surface area (Å²) in [6.45, 7) is 1.82. The van der Waals surface area contributed by atoms with E-state index in [1.165, 1.54) is 0 Å². The molecule has 3 aromatic heterocycles. The zero-order valence-corrected chi connectivity index (χ0v) is 12.0. The largest absolute Gasteiger partial charge is 0.478 e. The van der Waals surface area contributed by atoms with Crippen LogP contribution < -0.4 is 0 Å². The van der Waals surface area contributed by atoms with Crippen molar-refractivity contribution in [2.24, 2.45) is 0 Å². The van der Waals surface area contributed by atoms with Crippen molar-refractivity contribution >= 4 is 17.0 Å². The minimum absolute atomic E-state index is 0.282. The quantitative estimate of drug-likeness (QED) is 0.775. The van der Waals surface area contributed by atoms with E-state index in [2.05, 4.69) is 20.2 Å². The molecule has 0 aliphatic heterocycles. The number of hydrogen-bond acceptors (Lipinski definition) is 4. The van der Waals surface area contributed by atoms with Gasteiger partial charge in [0.05, 0.1) is 16.6 Å². The summed E-state index contributed by atoms with van der Waals surface area (Å²) in [5.41, 5.74) is 3.86. The van der Waals surface area contributed by atoms with Crippen LogP contribution in [0.5, 0.6) is 0 Å². The van der Waals surface area contributed by atoms with Crippen LogP contribution in [0.2, 0.25) is 0 Å². The summed E-state index contributed by atoms with van der Waals surface area (Å²) in [6.07, 6.45) is 5.42. The van der Waals surface area contributed by atoms with E-state index in [9.17, 15) is 9.90 Å². The highest BCUT2D eigenvalue weighted by Gasteiger charge is 2.33. The molecule has 0 amide bonds. The first-order chi connectivity index (χ1) is 10.7. The Labute approximate surface area is 126 Å². The highest BCUT2D eigenvalue weighted by molar-refractivity contribution is 6.09. The fourth-order valence-electron chi connectivity index (χ4n) is 2.90. The standard InChI is InChI=1S/C16H14N4O2/c1-8-11-13(16(21)22)12(9-4-6-17-7-5-9)14(10-2-3-10)18-15(11)20-19-8/h4-7,10H,2-3H2,1H3,(H,21,22)(H,18,19,20). The highest BCUT2D eigenvalue weighted by Crippen LogP contribution is 2.46. The number of nitrogens with one attached hydrogen (secondary N) is 1. The van der Waals surface area contributed by atoms with Gasteiger partial charge < -0.3 is 5.11 Å². The molecule has 0 bridgehead atoms. The van der Waals surface area contributed by atoms with Crippen LogP contribution in [0.25, 0.3) is 22.2 Å². The van der Waals surface area contributed by atoms with Crippen molar-refractivity contribution in [3.05, 3.63) is 41.5 Å². The highest BCUT2D eigenvalue weighted by atomic mass is 16.4. The van der Waals surface area contributed by atoms with Gasteiger partial charge in [-0.25, -0.2) is 9.78 Å². The maximum Gasteiger partial charge on any atom is 0.337 e. The Balaban J connectivity index is 2.15. The second kappa shape index (κ2) is 4.62. The Morgan fingerprint density at radius 2 is 2.05 bits per heavy atom. The summed E-state index contributed by atoms with van der Waals surface area (Å²) < 4.78 is 0. The van der Waals surface area contributed by atoms with Crippen molar-refractivity contribution in [3.63, 3.8) is 0 Å². The number of aryl methyl sites for hydroxylation is 1. The number of H-pyrrole nitrogens is 1. The molecule has 0 spiro atoms. The zero-order chi connectivity index (χ0) is 15.3. The minimum Gasteiger partial charge on any atom is -0.478 e. The average molecular weight is 294 g/mol. The van der Waals surface area contributed by atoms with Crippen LogP contribution in [0.1, 0.15) is 40.5 Å². The lowest BCUT2D eigenvalue weighted by Crippen LogP contribution is -2.06. The van der Waals surface area contributed by atoms with Gasteiger partial charge in [-0.1, -0.05) is 0 Å². The summed E-state index contributed by atoms with van der Waals surface area (Å²) in [4.78, 5) is 20.6. The third kappa shape index (κ3) is 1.88. The van der Waals surface area contributed by atoms with Gasteiger partial charge in [-0.2, -0.15) is 5.10 Å². The molecule has 0 unspecified atom stereocenters. The third-order valence-electron chi connectivity index (χ3n) is 4.06. The number of rotatable bonds is 3. The molecule has 0 radical (unpaired) electrons. The molecule has 0 saturated heterocycles. The van der Waals surface area contributed by atoms with Gasteiger partial charge in [0.15, 0.2) is 5.65 Å². The molecule has 3 aromatic rings. The summed E-state index contributed by atoms with van der Waals surface area (Å²) in [7, 11) is 0. The van der Waals surface area contributed by atoms with Crippen molar-refractivity contribution in [3.8, 4) is 11.1 Å². The second-order valence-corrected chi connectivity index (χ2v) is 5.61. The summed E-state index contributed by atoms with van der Waals surface area (Å²) in [5, 5.41) is 17.4. The SMILES string of the molecule is Cc1[nH]nc2nc(C3CC3)c(-c3ccncc3)c(C(=O)O)c12. The molecule has 1 saturated carbocycles. The van der Waals surface area contributed by atoms with Gasteiger partial charge in [0.25, 0.3) is 0 Å². The average Bonchev–Trinajstić information content (AvgIpc) is 3.31. The zero-order valence-electron chi connectivity index (χ0n) is 12.0. The van der Waals surface area contributed by atoms with Crippen molar-refractivity contribution in [1.29, 1.82) is 0 Å². The third-order valence-corrected chi connectivity index (χ3v) is 4.06. The Morgan fingerprint density at radius 3 is 2.68 bits per heavy atom. The number of aromatic nitrogens is 4. The number of carbonyl (C=O) groups is 1. The Kier molecular flexibility index (Phi) is 2.72. The summed E-state index contributed by atoms with van der Waals surface area (Å²) in [6, 6.07) is 3.66. The molecule has 0 aromatic carbocycles. The maximum atomic E-state index is 12.0. The molecular formula is C16H14N4O2. The lowest BCUT2D eigenvalue weighted by molar-refractivity contribution is 0.0699.